The molecule has 0 saturated carbocycles. The highest BCUT2D eigenvalue weighted by atomic mass is 35.5. The lowest BCUT2D eigenvalue weighted by atomic mass is 10.2. The van der Waals surface area contributed by atoms with Gasteiger partial charge in [-0.1, -0.05) is 6.07 Å². The van der Waals surface area contributed by atoms with E-state index < -0.39 is 10.1 Å². The molecule has 0 atom stereocenters. The Morgan fingerprint density at radius 2 is 1.81 bits per heavy atom. The quantitative estimate of drug-likeness (QED) is 0.755. The van der Waals surface area contributed by atoms with Crippen LogP contribution in [0.3, 0.4) is 0 Å². The summed E-state index contributed by atoms with van der Waals surface area (Å²) >= 11 is 0. The highest BCUT2D eigenvalue weighted by Crippen LogP contribution is 2.19. The first-order valence-electron chi connectivity index (χ1n) is 4.08. The molecule has 0 fully saturated rings. The second-order valence-corrected chi connectivity index (χ2v) is 4.40. The van der Waals surface area contributed by atoms with Crippen LogP contribution >= 0.6 is 12.4 Å². The molecule has 2 N–H and O–H groups in total. The van der Waals surface area contributed by atoms with Gasteiger partial charge in [-0.3, -0.25) is 9.35 Å². The van der Waals surface area contributed by atoms with Crippen molar-refractivity contribution in [2.24, 2.45) is 0 Å². The number of hydrogen-bond donors (Lipinski definition) is 2. The van der Waals surface area contributed by atoms with Crippen molar-refractivity contribution in [1.29, 1.82) is 0 Å². The molecular formula is C9H8ClNO4S. The molecule has 86 valence electrons. The first kappa shape index (κ1) is 12.7. The fraction of sp³-hybridized carbons (Fsp3) is 0. The summed E-state index contributed by atoms with van der Waals surface area (Å²) in [6, 6.07) is 6.84. The number of aromatic nitrogens is 1. The van der Waals surface area contributed by atoms with Crippen LogP contribution in [0, 0.1) is 0 Å². The van der Waals surface area contributed by atoms with Crippen molar-refractivity contribution in [2.45, 2.75) is 4.90 Å². The number of fused-ring (bicyclic) bond motifs is 1. The van der Waals surface area contributed by atoms with E-state index in [0.717, 1.165) is 0 Å². The molecular weight excluding hydrogens is 254 g/mol. The first-order chi connectivity index (χ1) is 6.98. The largest absolute Gasteiger partial charge is 0.322 e. The van der Waals surface area contributed by atoms with Gasteiger partial charge in [-0.25, -0.2) is 0 Å². The molecule has 0 radical (unpaired) electrons. The summed E-state index contributed by atoms with van der Waals surface area (Å²) in [6.45, 7) is 0. The van der Waals surface area contributed by atoms with E-state index >= 15 is 0 Å². The summed E-state index contributed by atoms with van der Waals surface area (Å²) in [6.07, 6.45) is 0. The van der Waals surface area contributed by atoms with Gasteiger partial charge < -0.3 is 4.98 Å². The van der Waals surface area contributed by atoms with E-state index in [1.165, 1.54) is 24.3 Å². The van der Waals surface area contributed by atoms with Crippen molar-refractivity contribution in [1.82, 2.24) is 4.98 Å². The number of aromatic amines is 1. The zero-order chi connectivity index (χ0) is 11.1. The summed E-state index contributed by atoms with van der Waals surface area (Å²) in [5, 5.41) is 0.291. The van der Waals surface area contributed by atoms with E-state index in [-0.39, 0.29) is 22.9 Å². The van der Waals surface area contributed by atoms with Crippen LogP contribution in [0.15, 0.2) is 40.0 Å². The molecule has 2 rings (SSSR count). The number of nitrogens with one attached hydrogen (secondary N) is 1. The summed E-state index contributed by atoms with van der Waals surface area (Å²) in [5.74, 6) is 0. The van der Waals surface area contributed by atoms with Gasteiger partial charge in [0.15, 0.2) is 0 Å². The fourth-order valence-corrected chi connectivity index (χ4v) is 2.09. The minimum absolute atomic E-state index is 0. The second-order valence-electron chi connectivity index (χ2n) is 3.02. The van der Waals surface area contributed by atoms with E-state index in [2.05, 4.69) is 4.98 Å². The number of pyridine rings is 1. The maximum absolute atomic E-state index is 11.0. The van der Waals surface area contributed by atoms with E-state index in [1.807, 2.05) is 0 Å². The molecule has 1 aromatic heterocycles. The van der Waals surface area contributed by atoms with Crippen molar-refractivity contribution in [3.63, 3.8) is 0 Å². The van der Waals surface area contributed by atoms with Crippen LogP contribution in [0.2, 0.25) is 0 Å². The number of H-pyrrole nitrogens is 1. The second kappa shape index (κ2) is 4.25. The number of halogens is 1. The lowest BCUT2D eigenvalue weighted by molar-refractivity contribution is 0.484. The molecule has 0 bridgehead atoms. The Kier molecular flexibility index (Phi) is 3.37. The van der Waals surface area contributed by atoms with Gasteiger partial charge in [-0.15, -0.1) is 12.4 Å². The molecule has 1 aromatic carbocycles. The van der Waals surface area contributed by atoms with Crippen LogP contribution in [-0.2, 0) is 10.1 Å². The number of hydrogen-bond acceptors (Lipinski definition) is 3. The average molecular weight is 262 g/mol. The maximum Gasteiger partial charge on any atom is 0.295 e. The minimum Gasteiger partial charge on any atom is -0.322 e. The molecule has 0 saturated heterocycles. The summed E-state index contributed by atoms with van der Waals surface area (Å²) in [5.41, 5.74) is 0.0487. The topological polar surface area (TPSA) is 87.2 Å². The van der Waals surface area contributed by atoms with Crippen molar-refractivity contribution >= 4 is 33.4 Å². The third-order valence-electron chi connectivity index (χ3n) is 2.00. The lowest BCUT2D eigenvalue weighted by Crippen LogP contribution is -2.05. The van der Waals surface area contributed by atoms with E-state index in [4.69, 9.17) is 4.55 Å². The highest BCUT2D eigenvalue weighted by molar-refractivity contribution is 7.86. The van der Waals surface area contributed by atoms with E-state index in [0.29, 0.717) is 10.9 Å². The summed E-state index contributed by atoms with van der Waals surface area (Å²) in [4.78, 5) is 13.2. The van der Waals surface area contributed by atoms with Gasteiger partial charge in [-0.05, 0) is 18.2 Å². The first-order valence-corrected chi connectivity index (χ1v) is 5.52. The Morgan fingerprint density at radius 1 is 1.12 bits per heavy atom. The van der Waals surface area contributed by atoms with Crippen molar-refractivity contribution in [2.75, 3.05) is 0 Å². The van der Waals surface area contributed by atoms with Gasteiger partial charge in [0, 0.05) is 17.0 Å². The normalized spacial score (nSPS) is 11.1. The van der Waals surface area contributed by atoms with Crippen molar-refractivity contribution < 1.29 is 13.0 Å². The molecule has 1 heterocycles. The molecule has 5 nitrogen and oxygen atoms in total. The molecule has 7 heteroatoms. The molecule has 0 unspecified atom stereocenters. The maximum atomic E-state index is 11.0. The lowest BCUT2D eigenvalue weighted by Gasteiger charge is -2.02. The van der Waals surface area contributed by atoms with Crippen LogP contribution in [0.4, 0.5) is 0 Å². The minimum atomic E-state index is -4.26. The highest BCUT2D eigenvalue weighted by Gasteiger charge is 2.13. The smallest absolute Gasteiger partial charge is 0.295 e. The van der Waals surface area contributed by atoms with Gasteiger partial charge >= 0.3 is 0 Å². The molecule has 16 heavy (non-hydrogen) atoms. The number of benzene rings is 1. The third kappa shape index (κ3) is 2.24. The van der Waals surface area contributed by atoms with Crippen LogP contribution in [0.5, 0.6) is 0 Å². The van der Waals surface area contributed by atoms with Crippen molar-refractivity contribution in [3.8, 4) is 0 Å². The SMILES string of the molecule is Cl.O=c1ccc2c(S(=O)(=O)O)cccc2[nH]1. The number of rotatable bonds is 1. The zero-order valence-corrected chi connectivity index (χ0v) is 9.51. The van der Waals surface area contributed by atoms with Gasteiger partial charge in [0.2, 0.25) is 5.56 Å². The molecule has 0 aliphatic rings. The fourth-order valence-electron chi connectivity index (χ4n) is 1.38. The van der Waals surface area contributed by atoms with Crippen LogP contribution < -0.4 is 5.56 Å². The average Bonchev–Trinajstić information content (AvgIpc) is 2.15. The van der Waals surface area contributed by atoms with Gasteiger partial charge in [0.25, 0.3) is 10.1 Å². The van der Waals surface area contributed by atoms with E-state index in [9.17, 15) is 13.2 Å². The Bertz CT molecular complexity index is 677. The third-order valence-corrected chi connectivity index (χ3v) is 2.92. The van der Waals surface area contributed by atoms with Crippen molar-refractivity contribution in [3.05, 3.63) is 40.7 Å². The Labute approximate surface area is 97.3 Å². The molecule has 0 aliphatic carbocycles. The zero-order valence-electron chi connectivity index (χ0n) is 7.88. The standard InChI is InChI=1S/C9H7NO4S.ClH/c11-9-5-4-6-7(10-9)2-1-3-8(6)15(12,13)14;/h1-5H,(H,10,11)(H,12,13,14);1H. The molecule has 0 spiro atoms. The summed E-state index contributed by atoms with van der Waals surface area (Å²) in [7, 11) is -4.26. The van der Waals surface area contributed by atoms with Crippen LogP contribution in [0.1, 0.15) is 0 Å². The van der Waals surface area contributed by atoms with Crippen LogP contribution in [0.25, 0.3) is 10.9 Å². The van der Waals surface area contributed by atoms with Gasteiger partial charge in [0.1, 0.15) is 4.90 Å². The Morgan fingerprint density at radius 3 is 2.44 bits per heavy atom. The molecule has 0 aliphatic heterocycles. The predicted octanol–water partition coefficient (Wildman–Crippen LogP) is 1.20. The van der Waals surface area contributed by atoms with Gasteiger partial charge in [0.05, 0.1) is 0 Å². The Hall–Kier alpha value is -1.37. The Balaban J connectivity index is 0.00000128. The molecule has 2 aromatic rings. The molecule has 0 amide bonds. The van der Waals surface area contributed by atoms with Crippen LogP contribution in [-0.4, -0.2) is 18.0 Å². The summed E-state index contributed by atoms with van der Waals surface area (Å²) < 4.78 is 30.9. The van der Waals surface area contributed by atoms with Gasteiger partial charge in [-0.2, -0.15) is 8.42 Å². The predicted molar refractivity (Wildman–Crippen MR) is 61.6 cm³/mol. The monoisotopic (exact) mass is 261 g/mol. The van der Waals surface area contributed by atoms with E-state index in [1.54, 1.807) is 6.07 Å².